The number of hydrogen-bond acceptors (Lipinski definition) is 2. The van der Waals surface area contributed by atoms with Crippen LogP contribution in [0.4, 0.5) is 0 Å². The minimum absolute atomic E-state index is 0.168. The zero-order valence-electron chi connectivity index (χ0n) is 10.3. The van der Waals surface area contributed by atoms with E-state index >= 15 is 0 Å². The summed E-state index contributed by atoms with van der Waals surface area (Å²) in [6.07, 6.45) is 3.02. The van der Waals surface area contributed by atoms with E-state index in [9.17, 15) is 4.79 Å². The zero-order valence-corrected chi connectivity index (χ0v) is 11.8. The van der Waals surface area contributed by atoms with E-state index in [0.717, 1.165) is 5.56 Å². The summed E-state index contributed by atoms with van der Waals surface area (Å²) >= 11 is 11.9. The molecule has 0 fully saturated rings. The Morgan fingerprint density at radius 3 is 2.79 bits per heavy atom. The van der Waals surface area contributed by atoms with Gasteiger partial charge in [-0.2, -0.15) is 0 Å². The first-order valence-electron chi connectivity index (χ1n) is 5.67. The number of pyridine rings is 1. The van der Waals surface area contributed by atoms with Gasteiger partial charge in [-0.05, 0) is 23.8 Å². The maximum atomic E-state index is 12.2. The largest absolute Gasteiger partial charge is 0.337 e. The Bertz CT molecular complexity index is 602. The summed E-state index contributed by atoms with van der Waals surface area (Å²) in [5.74, 6) is -0.168. The maximum Gasteiger partial charge on any atom is 0.256 e. The average molecular weight is 295 g/mol. The van der Waals surface area contributed by atoms with Gasteiger partial charge in [-0.15, -0.1) is 0 Å². The monoisotopic (exact) mass is 294 g/mol. The van der Waals surface area contributed by atoms with Crippen molar-refractivity contribution in [2.75, 3.05) is 7.05 Å². The molecule has 0 radical (unpaired) electrons. The third-order valence-corrected chi connectivity index (χ3v) is 3.22. The van der Waals surface area contributed by atoms with Crippen LogP contribution >= 0.6 is 23.2 Å². The highest BCUT2D eigenvalue weighted by Gasteiger charge is 2.15. The predicted octanol–water partition coefficient (Wildman–Crippen LogP) is 3.66. The van der Waals surface area contributed by atoms with Crippen molar-refractivity contribution in [2.24, 2.45) is 0 Å². The second-order valence-corrected chi connectivity index (χ2v) is 4.99. The van der Waals surface area contributed by atoms with Gasteiger partial charge in [0.1, 0.15) is 0 Å². The fourth-order valence-corrected chi connectivity index (χ4v) is 2.12. The third-order valence-electron chi connectivity index (χ3n) is 2.65. The lowest BCUT2D eigenvalue weighted by molar-refractivity contribution is 0.0785. The first kappa shape index (κ1) is 13.8. The number of amides is 1. The molecule has 19 heavy (non-hydrogen) atoms. The molecule has 0 saturated carbocycles. The van der Waals surface area contributed by atoms with Crippen LogP contribution in [0.15, 0.2) is 42.7 Å². The summed E-state index contributed by atoms with van der Waals surface area (Å²) in [5.41, 5.74) is 1.36. The standard InChI is InChI=1S/C14H12Cl2N2O/c1-18(9-10-3-2-4-11(15)7-10)14(19)12-8-17-6-5-13(12)16/h2-8H,9H2,1H3. The molecular formula is C14H12Cl2N2O. The highest BCUT2D eigenvalue weighted by Crippen LogP contribution is 2.17. The zero-order chi connectivity index (χ0) is 13.8. The van der Waals surface area contributed by atoms with Gasteiger partial charge < -0.3 is 4.90 Å². The van der Waals surface area contributed by atoms with Crippen molar-refractivity contribution in [1.82, 2.24) is 9.88 Å². The molecular weight excluding hydrogens is 283 g/mol. The van der Waals surface area contributed by atoms with Crippen LogP contribution in [0.5, 0.6) is 0 Å². The van der Waals surface area contributed by atoms with E-state index in [2.05, 4.69) is 4.98 Å². The van der Waals surface area contributed by atoms with Crippen LogP contribution < -0.4 is 0 Å². The van der Waals surface area contributed by atoms with Crippen molar-refractivity contribution >= 4 is 29.1 Å². The van der Waals surface area contributed by atoms with Crippen molar-refractivity contribution in [3.05, 3.63) is 63.9 Å². The second-order valence-electron chi connectivity index (χ2n) is 4.15. The molecule has 1 amide bonds. The normalized spacial score (nSPS) is 10.3. The first-order valence-corrected chi connectivity index (χ1v) is 6.43. The van der Waals surface area contributed by atoms with Crippen molar-refractivity contribution in [2.45, 2.75) is 6.54 Å². The van der Waals surface area contributed by atoms with Gasteiger partial charge in [0.05, 0.1) is 10.6 Å². The third kappa shape index (κ3) is 3.46. The molecule has 0 bridgehead atoms. The molecule has 0 N–H and O–H groups in total. The molecule has 3 nitrogen and oxygen atoms in total. The second kappa shape index (κ2) is 6.04. The molecule has 0 aliphatic carbocycles. The number of carbonyl (C=O) groups excluding carboxylic acids is 1. The summed E-state index contributed by atoms with van der Waals surface area (Å²) in [5, 5.41) is 1.05. The van der Waals surface area contributed by atoms with E-state index in [1.165, 1.54) is 6.20 Å². The highest BCUT2D eigenvalue weighted by atomic mass is 35.5. The minimum Gasteiger partial charge on any atom is -0.337 e. The van der Waals surface area contributed by atoms with Crippen LogP contribution in [0.2, 0.25) is 10.0 Å². The SMILES string of the molecule is CN(Cc1cccc(Cl)c1)C(=O)c1cnccc1Cl. The minimum atomic E-state index is -0.168. The Hall–Kier alpha value is -1.58. The molecule has 0 saturated heterocycles. The van der Waals surface area contributed by atoms with Crippen LogP contribution in [-0.2, 0) is 6.54 Å². The Kier molecular flexibility index (Phi) is 4.40. The lowest BCUT2D eigenvalue weighted by atomic mass is 10.2. The van der Waals surface area contributed by atoms with Crippen molar-refractivity contribution in [1.29, 1.82) is 0 Å². The Balaban J connectivity index is 2.14. The van der Waals surface area contributed by atoms with Crippen molar-refractivity contribution in [3.8, 4) is 0 Å². The van der Waals surface area contributed by atoms with Gasteiger partial charge in [0.2, 0.25) is 0 Å². The molecule has 98 valence electrons. The highest BCUT2D eigenvalue weighted by molar-refractivity contribution is 6.33. The van der Waals surface area contributed by atoms with Crippen molar-refractivity contribution in [3.63, 3.8) is 0 Å². The Morgan fingerprint density at radius 2 is 2.11 bits per heavy atom. The van der Waals surface area contributed by atoms with Gasteiger partial charge in [-0.3, -0.25) is 9.78 Å². The molecule has 0 aliphatic heterocycles. The number of carbonyl (C=O) groups is 1. The smallest absolute Gasteiger partial charge is 0.256 e. The molecule has 0 aliphatic rings. The number of hydrogen-bond donors (Lipinski definition) is 0. The fraction of sp³-hybridized carbons (Fsp3) is 0.143. The van der Waals surface area contributed by atoms with E-state index in [1.807, 2.05) is 18.2 Å². The summed E-state index contributed by atoms with van der Waals surface area (Å²) < 4.78 is 0. The Labute approximate surface area is 121 Å². The molecule has 2 aromatic rings. The summed E-state index contributed by atoms with van der Waals surface area (Å²) in [4.78, 5) is 17.7. The number of benzene rings is 1. The predicted molar refractivity (Wildman–Crippen MR) is 76.5 cm³/mol. The van der Waals surface area contributed by atoms with E-state index < -0.39 is 0 Å². The number of nitrogens with zero attached hydrogens (tertiary/aromatic N) is 2. The maximum absolute atomic E-state index is 12.2. The summed E-state index contributed by atoms with van der Waals surface area (Å²) in [6.45, 7) is 0.463. The molecule has 5 heteroatoms. The summed E-state index contributed by atoms with van der Waals surface area (Å²) in [7, 11) is 1.71. The molecule has 1 aromatic heterocycles. The van der Waals surface area contributed by atoms with Crippen LogP contribution in [0.25, 0.3) is 0 Å². The lowest BCUT2D eigenvalue weighted by Gasteiger charge is -2.17. The molecule has 0 atom stereocenters. The first-order chi connectivity index (χ1) is 9.08. The molecule has 2 rings (SSSR count). The van der Waals surface area contributed by atoms with Crippen LogP contribution in [0, 0.1) is 0 Å². The van der Waals surface area contributed by atoms with Gasteiger partial charge in [0, 0.05) is 31.0 Å². The van der Waals surface area contributed by atoms with Gasteiger partial charge in [-0.25, -0.2) is 0 Å². The number of rotatable bonds is 3. The Morgan fingerprint density at radius 1 is 1.32 bits per heavy atom. The lowest BCUT2D eigenvalue weighted by Crippen LogP contribution is -2.26. The van der Waals surface area contributed by atoms with Gasteiger partial charge in [0.15, 0.2) is 0 Å². The van der Waals surface area contributed by atoms with E-state index in [0.29, 0.717) is 22.2 Å². The van der Waals surface area contributed by atoms with E-state index in [-0.39, 0.29) is 5.91 Å². The van der Waals surface area contributed by atoms with E-state index in [1.54, 1.807) is 30.3 Å². The average Bonchev–Trinajstić information content (AvgIpc) is 2.38. The van der Waals surface area contributed by atoms with Gasteiger partial charge in [0.25, 0.3) is 5.91 Å². The quantitative estimate of drug-likeness (QED) is 0.865. The summed E-state index contributed by atoms with van der Waals surface area (Å²) in [6, 6.07) is 9.00. The molecule has 0 spiro atoms. The van der Waals surface area contributed by atoms with Gasteiger partial charge in [-0.1, -0.05) is 35.3 Å². The van der Waals surface area contributed by atoms with E-state index in [4.69, 9.17) is 23.2 Å². The van der Waals surface area contributed by atoms with Crippen LogP contribution in [-0.4, -0.2) is 22.8 Å². The molecule has 0 unspecified atom stereocenters. The molecule has 1 heterocycles. The number of halogens is 2. The topological polar surface area (TPSA) is 33.2 Å². The fourth-order valence-electron chi connectivity index (χ4n) is 1.72. The van der Waals surface area contributed by atoms with Crippen LogP contribution in [0.3, 0.4) is 0 Å². The van der Waals surface area contributed by atoms with Crippen molar-refractivity contribution < 1.29 is 4.79 Å². The van der Waals surface area contributed by atoms with Crippen LogP contribution in [0.1, 0.15) is 15.9 Å². The van der Waals surface area contributed by atoms with Gasteiger partial charge >= 0.3 is 0 Å². The molecule has 1 aromatic carbocycles. The number of aromatic nitrogens is 1.